The van der Waals surface area contributed by atoms with Gasteiger partial charge in [0, 0.05) is 58.0 Å². The molecule has 0 aromatic heterocycles. The lowest BCUT2D eigenvalue weighted by atomic mass is 10.2. The van der Waals surface area contributed by atoms with Crippen molar-refractivity contribution in [2.75, 3.05) is 44.7 Å². The van der Waals surface area contributed by atoms with E-state index in [1.54, 1.807) is 19.2 Å². The number of rotatable bonds is 6. The van der Waals surface area contributed by atoms with Crippen LogP contribution < -0.4 is 15.5 Å². The van der Waals surface area contributed by atoms with Crippen LogP contribution in [-0.4, -0.2) is 56.7 Å². The number of nitrogens with one attached hydrogen (secondary N) is 2. The van der Waals surface area contributed by atoms with Crippen LogP contribution in [-0.2, 0) is 6.54 Å². The van der Waals surface area contributed by atoms with Gasteiger partial charge in [0.05, 0.1) is 0 Å². The number of hydrogen-bond acceptors (Lipinski definition) is 3. The second-order valence-corrected chi connectivity index (χ2v) is 7.14. The molecule has 0 radical (unpaired) electrons. The molecule has 1 unspecified atom stereocenters. The van der Waals surface area contributed by atoms with E-state index in [2.05, 4.69) is 62.7 Å². The molecule has 1 heterocycles. The Kier molecular flexibility index (Phi) is 9.66. The molecular weight excluding hydrogens is 480 g/mol. The molecule has 1 aliphatic heterocycles. The van der Waals surface area contributed by atoms with Gasteiger partial charge in [-0.2, -0.15) is 0 Å². The highest BCUT2D eigenvalue weighted by Gasteiger charge is 2.21. The molecule has 2 aromatic rings. The molecule has 0 bridgehead atoms. The van der Waals surface area contributed by atoms with Gasteiger partial charge in [-0.1, -0.05) is 30.3 Å². The van der Waals surface area contributed by atoms with Gasteiger partial charge in [0.25, 0.3) is 0 Å². The smallest absolute Gasteiger partial charge is 0.191 e. The lowest BCUT2D eigenvalue weighted by Gasteiger charge is -2.39. The first-order chi connectivity index (χ1) is 13.7. The number of aliphatic imine (C=N–C) groups is 1. The van der Waals surface area contributed by atoms with E-state index in [0.717, 1.165) is 44.2 Å². The van der Waals surface area contributed by atoms with Gasteiger partial charge in [-0.05, 0) is 36.8 Å². The van der Waals surface area contributed by atoms with Crippen molar-refractivity contribution in [1.82, 2.24) is 15.5 Å². The molecule has 5 nitrogen and oxygen atoms in total. The number of hydrogen-bond donors (Lipinski definition) is 2. The molecule has 2 N–H and O–H groups in total. The summed E-state index contributed by atoms with van der Waals surface area (Å²) in [7, 11) is 1.77. The topological polar surface area (TPSA) is 42.9 Å². The average molecular weight is 511 g/mol. The Morgan fingerprint density at radius 2 is 1.66 bits per heavy atom. The van der Waals surface area contributed by atoms with E-state index in [1.165, 1.54) is 17.8 Å². The molecule has 3 rings (SSSR count). The summed E-state index contributed by atoms with van der Waals surface area (Å²) >= 11 is 0. The van der Waals surface area contributed by atoms with Crippen molar-refractivity contribution < 1.29 is 4.39 Å². The minimum Gasteiger partial charge on any atom is -0.369 e. The van der Waals surface area contributed by atoms with Crippen LogP contribution in [0.2, 0.25) is 0 Å². The number of benzene rings is 2. The van der Waals surface area contributed by atoms with Crippen LogP contribution in [0, 0.1) is 5.82 Å². The highest BCUT2D eigenvalue weighted by Crippen LogP contribution is 2.16. The predicted molar refractivity (Wildman–Crippen MR) is 130 cm³/mol. The number of nitrogens with zero attached hydrogens (tertiary/aromatic N) is 3. The summed E-state index contributed by atoms with van der Waals surface area (Å²) in [5, 5.41) is 6.68. The highest BCUT2D eigenvalue weighted by atomic mass is 127. The number of para-hydroxylation sites is 1. The standard InChI is InChI=1S/C22H30FN5.HI/c1-18(27-12-14-28(15-13-27)21-6-4-3-5-7-21)16-25-22(24-2)26-17-19-8-10-20(23)11-9-19;/h3-11,18H,12-17H2,1-2H3,(H2,24,25,26);1H. The first-order valence-electron chi connectivity index (χ1n) is 9.88. The van der Waals surface area contributed by atoms with Gasteiger partial charge in [0.15, 0.2) is 5.96 Å². The van der Waals surface area contributed by atoms with Crippen LogP contribution in [0.25, 0.3) is 0 Å². The van der Waals surface area contributed by atoms with Crippen molar-refractivity contribution >= 4 is 35.6 Å². The molecule has 0 saturated carbocycles. The number of piperazine rings is 1. The molecule has 158 valence electrons. The maximum atomic E-state index is 13.0. The van der Waals surface area contributed by atoms with Crippen LogP contribution in [0.1, 0.15) is 12.5 Å². The fourth-order valence-corrected chi connectivity index (χ4v) is 3.44. The highest BCUT2D eigenvalue weighted by molar-refractivity contribution is 14.0. The van der Waals surface area contributed by atoms with Gasteiger partial charge in [0.2, 0.25) is 0 Å². The summed E-state index contributed by atoms with van der Waals surface area (Å²) in [5.74, 6) is 0.548. The summed E-state index contributed by atoms with van der Waals surface area (Å²) < 4.78 is 13.0. The van der Waals surface area contributed by atoms with Crippen LogP contribution in [0.15, 0.2) is 59.6 Å². The largest absolute Gasteiger partial charge is 0.369 e. The lowest BCUT2D eigenvalue weighted by Crippen LogP contribution is -2.53. The molecule has 1 fully saturated rings. The molecule has 2 aromatic carbocycles. The SMILES string of the molecule is CN=C(NCc1ccc(F)cc1)NCC(C)N1CCN(c2ccccc2)CC1.I. The van der Waals surface area contributed by atoms with Crippen LogP contribution in [0.3, 0.4) is 0 Å². The Hall–Kier alpha value is -1.87. The molecule has 29 heavy (non-hydrogen) atoms. The summed E-state index contributed by atoms with van der Waals surface area (Å²) in [6.07, 6.45) is 0. The maximum Gasteiger partial charge on any atom is 0.191 e. The van der Waals surface area contributed by atoms with Gasteiger partial charge in [-0.15, -0.1) is 24.0 Å². The normalized spacial score (nSPS) is 16.1. The Morgan fingerprint density at radius 3 is 2.28 bits per heavy atom. The van der Waals surface area contributed by atoms with Crippen molar-refractivity contribution in [1.29, 1.82) is 0 Å². The Labute approximate surface area is 190 Å². The Balaban J connectivity index is 0.00000300. The molecular formula is C22H31FIN5. The predicted octanol–water partition coefficient (Wildman–Crippen LogP) is 3.32. The van der Waals surface area contributed by atoms with Crippen LogP contribution in [0.5, 0.6) is 0 Å². The molecule has 1 saturated heterocycles. The fourth-order valence-electron chi connectivity index (χ4n) is 3.44. The molecule has 7 heteroatoms. The first-order valence-corrected chi connectivity index (χ1v) is 9.88. The minimum atomic E-state index is -0.215. The zero-order valence-electron chi connectivity index (χ0n) is 17.1. The monoisotopic (exact) mass is 511 g/mol. The summed E-state index contributed by atoms with van der Waals surface area (Å²) in [6, 6.07) is 17.5. The Bertz CT molecular complexity index is 746. The van der Waals surface area contributed by atoms with E-state index in [-0.39, 0.29) is 29.8 Å². The first kappa shape index (κ1) is 23.4. The van der Waals surface area contributed by atoms with E-state index in [9.17, 15) is 4.39 Å². The van der Waals surface area contributed by atoms with Gasteiger partial charge in [0.1, 0.15) is 5.82 Å². The third-order valence-electron chi connectivity index (χ3n) is 5.22. The minimum absolute atomic E-state index is 0. The number of guanidine groups is 1. The molecule has 1 aliphatic rings. The Morgan fingerprint density at radius 1 is 1.00 bits per heavy atom. The molecule has 0 aliphatic carbocycles. The third kappa shape index (κ3) is 7.15. The van der Waals surface area contributed by atoms with E-state index < -0.39 is 0 Å². The number of halogens is 2. The zero-order chi connectivity index (χ0) is 19.8. The van der Waals surface area contributed by atoms with Crippen LogP contribution in [0.4, 0.5) is 10.1 Å². The number of anilines is 1. The van der Waals surface area contributed by atoms with Gasteiger partial charge < -0.3 is 15.5 Å². The van der Waals surface area contributed by atoms with Crippen molar-refractivity contribution in [2.24, 2.45) is 4.99 Å². The second-order valence-electron chi connectivity index (χ2n) is 7.14. The molecule has 0 spiro atoms. The van der Waals surface area contributed by atoms with Gasteiger partial charge in [-0.3, -0.25) is 9.89 Å². The van der Waals surface area contributed by atoms with Gasteiger partial charge >= 0.3 is 0 Å². The van der Waals surface area contributed by atoms with Crippen molar-refractivity contribution in [3.63, 3.8) is 0 Å². The second kappa shape index (κ2) is 12.0. The quantitative estimate of drug-likeness (QED) is 0.355. The lowest BCUT2D eigenvalue weighted by molar-refractivity contribution is 0.197. The van der Waals surface area contributed by atoms with E-state index in [4.69, 9.17) is 0 Å². The van der Waals surface area contributed by atoms with Crippen molar-refractivity contribution in [3.8, 4) is 0 Å². The molecule has 1 atom stereocenters. The van der Waals surface area contributed by atoms with E-state index in [1.807, 2.05) is 0 Å². The fraction of sp³-hybridized carbons (Fsp3) is 0.409. The van der Waals surface area contributed by atoms with E-state index >= 15 is 0 Å². The maximum absolute atomic E-state index is 13.0. The summed E-state index contributed by atoms with van der Waals surface area (Å²) in [5.41, 5.74) is 2.33. The zero-order valence-corrected chi connectivity index (χ0v) is 19.5. The third-order valence-corrected chi connectivity index (χ3v) is 5.22. The molecule has 0 amide bonds. The van der Waals surface area contributed by atoms with Crippen molar-refractivity contribution in [3.05, 3.63) is 66.0 Å². The summed E-state index contributed by atoms with van der Waals surface area (Å²) in [6.45, 7) is 7.90. The van der Waals surface area contributed by atoms with E-state index in [0.29, 0.717) is 12.6 Å². The van der Waals surface area contributed by atoms with Gasteiger partial charge in [-0.25, -0.2) is 4.39 Å². The summed E-state index contributed by atoms with van der Waals surface area (Å²) in [4.78, 5) is 9.24. The van der Waals surface area contributed by atoms with Crippen molar-refractivity contribution in [2.45, 2.75) is 19.5 Å². The average Bonchev–Trinajstić information content (AvgIpc) is 2.75. The van der Waals surface area contributed by atoms with Crippen LogP contribution >= 0.6 is 24.0 Å².